The van der Waals surface area contributed by atoms with Crippen molar-refractivity contribution in [3.05, 3.63) is 90.0 Å². The van der Waals surface area contributed by atoms with Crippen LogP contribution >= 0.6 is 0 Å². The molecule has 0 aromatic heterocycles. The Morgan fingerprint density at radius 2 is 1.61 bits per heavy atom. The van der Waals surface area contributed by atoms with E-state index in [0.717, 1.165) is 21.5 Å². The molecule has 0 aliphatic carbocycles. The topological polar surface area (TPSA) is 87.7 Å². The highest BCUT2D eigenvalue weighted by atomic mass is 16.5. The van der Waals surface area contributed by atoms with Gasteiger partial charge in [-0.2, -0.15) is 0 Å². The van der Waals surface area contributed by atoms with Gasteiger partial charge in [0.1, 0.15) is 5.75 Å². The molecule has 4 aromatic carbocycles. The molecule has 5 rings (SSSR count). The van der Waals surface area contributed by atoms with Crippen LogP contribution in [0, 0.1) is 5.92 Å². The Kier molecular flexibility index (Phi) is 6.54. The van der Waals surface area contributed by atoms with E-state index in [1.165, 1.54) is 0 Å². The van der Waals surface area contributed by atoms with E-state index in [1.54, 1.807) is 36.3 Å². The van der Waals surface area contributed by atoms with Gasteiger partial charge in [-0.25, -0.2) is 0 Å². The van der Waals surface area contributed by atoms with Crippen LogP contribution in [0.4, 0.5) is 0 Å². The van der Waals surface area contributed by atoms with Crippen molar-refractivity contribution in [3.8, 4) is 5.75 Å². The highest BCUT2D eigenvalue weighted by Crippen LogP contribution is 2.30. The molecule has 1 fully saturated rings. The zero-order chi connectivity index (χ0) is 25.1. The van der Waals surface area contributed by atoms with Crippen LogP contribution in [0.1, 0.15) is 33.6 Å². The molecule has 3 amide bonds. The van der Waals surface area contributed by atoms with Gasteiger partial charge in [0, 0.05) is 29.6 Å². The number of hydrogen-bond donors (Lipinski definition) is 2. The quantitative estimate of drug-likeness (QED) is 0.425. The molecule has 1 atom stereocenters. The van der Waals surface area contributed by atoms with Crippen LogP contribution in [-0.2, 0) is 4.79 Å². The fraction of sp³-hybridized carbons (Fsp3) is 0.207. The van der Waals surface area contributed by atoms with Crippen molar-refractivity contribution in [2.24, 2.45) is 5.92 Å². The molecule has 7 nitrogen and oxygen atoms in total. The molecule has 182 valence electrons. The van der Waals surface area contributed by atoms with Crippen molar-refractivity contribution < 1.29 is 19.1 Å². The van der Waals surface area contributed by atoms with Crippen LogP contribution in [0.25, 0.3) is 21.5 Å². The molecule has 0 spiro atoms. The lowest BCUT2D eigenvalue weighted by molar-refractivity contribution is -0.127. The fourth-order valence-electron chi connectivity index (χ4n) is 4.81. The normalized spacial score (nSPS) is 15.5. The molecule has 0 radical (unpaired) electrons. The number of rotatable bonds is 4. The third-order valence-electron chi connectivity index (χ3n) is 6.72. The molecule has 0 saturated carbocycles. The minimum Gasteiger partial charge on any atom is -0.496 e. The van der Waals surface area contributed by atoms with Crippen molar-refractivity contribution in [3.63, 3.8) is 0 Å². The van der Waals surface area contributed by atoms with Crippen molar-refractivity contribution in [2.75, 3.05) is 20.2 Å². The summed E-state index contributed by atoms with van der Waals surface area (Å²) in [5, 5.41) is 3.67. The smallest absolute Gasteiger partial charge is 0.269 e. The number of nitrogens with zero attached hydrogens (tertiary/aromatic N) is 1. The van der Waals surface area contributed by atoms with Crippen molar-refractivity contribution in [1.29, 1.82) is 0 Å². The van der Waals surface area contributed by atoms with Crippen molar-refractivity contribution in [1.82, 2.24) is 15.8 Å². The molecule has 36 heavy (non-hydrogen) atoms. The largest absolute Gasteiger partial charge is 0.496 e. The summed E-state index contributed by atoms with van der Waals surface area (Å²) in [7, 11) is 1.61. The van der Waals surface area contributed by atoms with Gasteiger partial charge in [-0.1, -0.05) is 54.6 Å². The van der Waals surface area contributed by atoms with E-state index in [0.29, 0.717) is 36.3 Å². The van der Waals surface area contributed by atoms with E-state index in [2.05, 4.69) is 10.9 Å². The lowest BCUT2D eigenvalue weighted by atomic mass is 9.95. The van der Waals surface area contributed by atoms with Crippen LogP contribution in [0.3, 0.4) is 0 Å². The van der Waals surface area contributed by atoms with Crippen LogP contribution in [0.5, 0.6) is 5.75 Å². The highest BCUT2D eigenvalue weighted by Gasteiger charge is 2.30. The first-order chi connectivity index (χ1) is 17.5. The Morgan fingerprint density at radius 3 is 2.42 bits per heavy atom. The summed E-state index contributed by atoms with van der Waals surface area (Å²) in [5.41, 5.74) is 6.11. The molecule has 0 bridgehead atoms. The molecule has 1 heterocycles. The molecule has 1 aliphatic rings. The van der Waals surface area contributed by atoms with Crippen LogP contribution in [0.15, 0.2) is 78.9 Å². The molecular formula is C29H27N3O4. The number of methoxy groups -OCH3 is 1. The maximum Gasteiger partial charge on any atom is 0.269 e. The Labute approximate surface area is 209 Å². The van der Waals surface area contributed by atoms with Crippen LogP contribution < -0.4 is 15.6 Å². The minimum atomic E-state index is -0.413. The maximum atomic E-state index is 13.4. The summed E-state index contributed by atoms with van der Waals surface area (Å²) >= 11 is 0. The zero-order valence-electron chi connectivity index (χ0n) is 20.0. The standard InChI is InChI=1S/C29H27N3O4/c1-36-26-15-14-25(23-10-4-5-11-24(23)26)29(35)32-16-6-9-22(18-32)28(34)31-30-27(33)21-13-12-19-7-2-3-8-20(19)17-21/h2-5,7-8,10-15,17,22H,6,9,16,18H2,1H3,(H,30,33)(H,31,34)/t22-/m0/s1. The monoisotopic (exact) mass is 481 g/mol. The predicted molar refractivity (Wildman–Crippen MR) is 139 cm³/mol. The number of hydrazine groups is 1. The molecule has 2 N–H and O–H groups in total. The third-order valence-corrected chi connectivity index (χ3v) is 6.72. The van der Waals surface area contributed by atoms with Crippen molar-refractivity contribution >= 4 is 39.3 Å². The second kappa shape index (κ2) is 10.1. The van der Waals surface area contributed by atoms with Crippen molar-refractivity contribution in [2.45, 2.75) is 12.8 Å². The summed E-state index contributed by atoms with van der Waals surface area (Å²) in [6.45, 7) is 0.864. The number of ether oxygens (including phenoxy) is 1. The average Bonchev–Trinajstić information content (AvgIpc) is 2.94. The van der Waals surface area contributed by atoms with Gasteiger partial charge in [-0.3, -0.25) is 25.2 Å². The predicted octanol–water partition coefficient (Wildman–Crippen LogP) is 4.32. The average molecular weight is 482 g/mol. The SMILES string of the molecule is COc1ccc(C(=O)N2CCC[C@H](C(=O)NNC(=O)c3ccc4ccccc4c3)C2)c2ccccc12. The fourth-order valence-corrected chi connectivity index (χ4v) is 4.81. The Balaban J connectivity index is 1.24. The number of carbonyl (C=O) groups excluding carboxylic acids is 3. The zero-order valence-corrected chi connectivity index (χ0v) is 20.0. The second-order valence-corrected chi connectivity index (χ2v) is 8.96. The van der Waals surface area contributed by atoms with Gasteiger partial charge in [-0.15, -0.1) is 0 Å². The van der Waals surface area contributed by atoms with Crippen LogP contribution in [0.2, 0.25) is 0 Å². The van der Waals surface area contributed by atoms with Gasteiger partial charge in [0.15, 0.2) is 0 Å². The maximum absolute atomic E-state index is 13.4. The summed E-state index contributed by atoms with van der Waals surface area (Å²) in [4.78, 5) is 40.6. The van der Waals surface area contributed by atoms with Crippen LogP contribution in [-0.4, -0.2) is 42.8 Å². The van der Waals surface area contributed by atoms with Gasteiger partial charge >= 0.3 is 0 Å². The minimum absolute atomic E-state index is 0.119. The van der Waals surface area contributed by atoms with E-state index in [1.807, 2.05) is 54.6 Å². The van der Waals surface area contributed by atoms with E-state index in [4.69, 9.17) is 4.74 Å². The molecule has 0 unspecified atom stereocenters. The number of piperidine rings is 1. The van der Waals surface area contributed by atoms with E-state index < -0.39 is 5.92 Å². The number of amides is 3. The summed E-state index contributed by atoms with van der Waals surface area (Å²) in [6, 6.07) is 24.4. The first-order valence-electron chi connectivity index (χ1n) is 12.0. The Bertz CT molecular complexity index is 1470. The lowest BCUT2D eigenvalue weighted by Gasteiger charge is -2.32. The molecule has 4 aromatic rings. The number of carbonyl (C=O) groups is 3. The molecule has 1 saturated heterocycles. The number of nitrogens with one attached hydrogen (secondary N) is 2. The summed E-state index contributed by atoms with van der Waals surface area (Å²) in [6.07, 6.45) is 1.35. The van der Waals surface area contributed by atoms with Gasteiger partial charge in [0.25, 0.3) is 11.8 Å². The van der Waals surface area contributed by atoms with E-state index >= 15 is 0 Å². The number of likely N-dealkylation sites (tertiary alicyclic amines) is 1. The summed E-state index contributed by atoms with van der Waals surface area (Å²) in [5.74, 6) is -0.514. The summed E-state index contributed by atoms with van der Waals surface area (Å²) < 4.78 is 5.44. The Morgan fingerprint density at radius 1 is 0.861 bits per heavy atom. The van der Waals surface area contributed by atoms with Gasteiger partial charge < -0.3 is 9.64 Å². The number of fused-ring (bicyclic) bond motifs is 2. The van der Waals surface area contributed by atoms with Gasteiger partial charge in [-0.05, 0) is 53.3 Å². The van der Waals surface area contributed by atoms with E-state index in [-0.39, 0.29) is 24.3 Å². The van der Waals surface area contributed by atoms with Gasteiger partial charge in [0.2, 0.25) is 5.91 Å². The number of hydrogen-bond acceptors (Lipinski definition) is 4. The first kappa shape index (κ1) is 23.4. The first-order valence-corrected chi connectivity index (χ1v) is 12.0. The molecular weight excluding hydrogens is 454 g/mol. The molecule has 7 heteroatoms. The Hall–Kier alpha value is -4.39. The second-order valence-electron chi connectivity index (χ2n) is 8.96. The number of benzene rings is 4. The lowest BCUT2D eigenvalue weighted by Crippen LogP contribution is -2.50. The van der Waals surface area contributed by atoms with Gasteiger partial charge in [0.05, 0.1) is 13.0 Å². The van der Waals surface area contributed by atoms with E-state index in [9.17, 15) is 14.4 Å². The third kappa shape index (κ3) is 4.60. The molecule has 1 aliphatic heterocycles. The highest BCUT2D eigenvalue weighted by molar-refractivity contribution is 6.08.